The van der Waals surface area contributed by atoms with E-state index in [1.807, 2.05) is 0 Å². The van der Waals surface area contributed by atoms with Crippen LogP contribution in [-0.4, -0.2) is 30.0 Å². The van der Waals surface area contributed by atoms with E-state index in [2.05, 4.69) is 25.7 Å². The maximum Gasteiger partial charge on any atom is 1.00 e. The zero-order valence-corrected chi connectivity index (χ0v) is 21.9. The summed E-state index contributed by atoms with van der Waals surface area (Å²) in [5, 5.41) is 11.3. The average Bonchev–Trinajstić information content (AvgIpc) is 2.73. The molecule has 0 amide bonds. The van der Waals surface area contributed by atoms with Gasteiger partial charge in [0.25, 0.3) is 0 Å². The number of carboxylic acids is 1. The second-order valence-electron chi connectivity index (χ2n) is 9.36. The Bertz CT molecular complexity index is 345. The Labute approximate surface area is 207 Å². The molecule has 0 rings (SSSR count). The molecule has 0 fully saturated rings. The molecule has 1 atom stereocenters. The molecule has 4 heteroatoms. The van der Waals surface area contributed by atoms with Crippen LogP contribution in [0, 0.1) is 0 Å². The van der Waals surface area contributed by atoms with Gasteiger partial charge in [0.2, 0.25) is 0 Å². The summed E-state index contributed by atoms with van der Waals surface area (Å²) in [6.45, 7) is 8.85. The molecule has 0 N–H and O–H groups in total. The molecule has 0 saturated carbocycles. The number of nitrogens with zero attached hydrogens (tertiary/aromatic N) is 1. The Morgan fingerprint density at radius 1 is 0.613 bits per heavy atom. The number of carboxylic acid groups (broad SMARTS) is 1. The van der Waals surface area contributed by atoms with Crippen LogP contribution in [-0.2, 0) is 4.79 Å². The van der Waals surface area contributed by atoms with Gasteiger partial charge >= 0.3 is 18.9 Å². The number of hydrogen-bond acceptors (Lipinski definition) is 3. The summed E-state index contributed by atoms with van der Waals surface area (Å²) in [7, 11) is 0. The summed E-state index contributed by atoms with van der Waals surface area (Å²) >= 11 is 0. The van der Waals surface area contributed by atoms with Crippen LogP contribution in [0.1, 0.15) is 149 Å². The normalized spacial score (nSPS) is 12.1. The van der Waals surface area contributed by atoms with E-state index in [0.717, 1.165) is 32.4 Å². The van der Waals surface area contributed by atoms with Crippen molar-refractivity contribution in [2.24, 2.45) is 0 Å². The first-order valence-corrected chi connectivity index (χ1v) is 13.6. The number of rotatable bonds is 24. The minimum atomic E-state index is -0.882. The fourth-order valence-corrected chi connectivity index (χ4v) is 4.42. The Morgan fingerprint density at radius 3 is 1.32 bits per heavy atom. The molecular weight excluding hydrogens is 377 g/mol. The Balaban J connectivity index is 0. The third-order valence-electron chi connectivity index (χ3n) is 6.41. The van der Waals surface area contributed by atoms with Crippen LogP contribution in [0.4, 0.5) is 0 Å². The van der Waals surface area contributed by atoms with Crippen molar-refractivity contribution in [1.29, 1.82) is 0 Å². The summed E-state index contributed by atoms with van der Waals surface area (Å²) in [5.41, 5.74) is 0. The molecule has 0 aliphatic rings. The smallest absolute Gasteiger partial charge is 0.550 e. The van der Waals surface area contributed by atoms with Crippen LogP contribution in [0.2, 0.25) is 0 Å². The third-order valence-corrected chi connectivity index (χ3v) is 6.41. The van der Waals surface area contributed by atoms with E-state index >= 15 is 0 Å². The van der Waals surface area contributed by atoms with E-state index in [1.165, 1.54) is 103 Å². The van der Waals surface area contributed by atoms with E-state index in [1.54, 1.807) is 0 Å². The first-order chi connectivity index (χ1) is 14.7. The SMILES string of the molecule is CCCCCCCCCCN(CCCCCCCCCC)C(CCCC)CC(=O)[O-].[Li+]. The van der Waals surface area contributed by atoms with Crippen molar-refractivity contribution in [2.45, 2.75) is 155 Å². The molecule has 0 aliphatic heterocycles. The molecule has 31 heavy (non-hydrogen) atoms. The molecule has 0 aliphatic carbocycles. The summed E-state index contributed by atoms with van der Waals surface area (Å²) in [6.07, 6.45) is 24.7. The third kappa shape index (κ3) is 23.0. The first-order valence-electron chi connectivity index (χ1n) is 13.6. The molecule has 0 bridgehead atoms. The quantitative estimate of drug-likeness (QED) is 0.169. The van der Waals surface area contributed by atoms with Gasteiger partial charge in [-0.2, -0.15) is 0 Å². The van der Waals surface area contributed by atoms with Gasteiger partial charge in [-0.1, -0.05) is 124 Å². The zero-order chi connectivity index (χ0) is 22.3. The van der Waals surface area contributed by atoms with Gasteiger partial charge in [0.1, 0.15) is 0 Å². The van der Waals surface area contributed by atoms with E-state index in [9.17, 15) is 9.90 Å². The number of aliphatic carboxylic acids is 1. The van der Waals surface area contributed by atoms with Gasteiger partial charge in [0, 0.05) is 18.4 Å². The van der Waals surface area contributed by atoms with Crippen molar-refractivity contribution < 1.29 is 28.8 Å². The molecule has 0 aromatic carbocycles. The maximum absolute atomic E-state index is 11.3. The minimum Gasteiger partial charge on any atom is -0.550 e. The van der Waals surface area contributed by atoms with Gasteiger partial charge in [-0.3, -0.25) is 0 Å². The monoisotopic (exact) mass is 431 g/mol. The first kappa shape index (κ1) is 33.2. The van der Waals surface area contributed by atoms with Crippen LogP contribution < -0.4 is 24.0 Å². The van der Waals surface area contributed by atoms with Gasteiger partial charge in [-0.25, -0.2) is 0 Å². The molecule has 0 heterocycles. The number of hydrogen-bond donors (Lipinski definition) is 0. The van der Waals surface area contributed by atoms with Crippen LogP contribution >= 0.6 is 0 Å². The molecule has 0 radical (unpaired) electrons. The van der Waals surface area contributed by atoms with Crippen molar-refractivity contribution in [2.75, 3.05) is 13.1 Å². The Kier molecular flexibility index (Phi) is 28.1. The minimum absolute atomic E-state index is 0. The van der Waals surface area contributed by atoms with Crippen LogP contribution in [0.5, 0.6) is 0 Å². The van der Waals surface area contributed by atoms with Crippen molar-refractivity contribution in [3.05, 3.63) is 0 Å². The Morgan fingerprint density at radius 2 is 0.968 bits per heavy atom. The van der Waals surface area contributed by atoms with Gasteiger partial charge in [0.05, 0.1) is 0 Å². The van der Waals surface area contributed by atoms with Crippen LogP contribution in [0.15, 0.2) is 0 Å². The van der Waals surface area contributed by atoms with E-state index in [-0.39, 0.29) is 31.3 Å². The van der Waals surface area contributed by atoms with Gasteiger partial charge in [-0.05, 0) is 32.4 Å². The molecule has 3 nitrogen and oxygen atoms in total. The predicted molar refractivity (Wildman–Crippen MR) is 130 cm³/mol. The summed E-state index contributed by atoms with van der Waals surface area (Å²) in [4.78, 5) is 13.8. The van der Waals surface area contributed by atoms with Crippen molar-refractivity contribution in [1.82, 2.24) is 4.90 Å². The summed E-state index contributed by atoms with van der Waals surface area (Å²) < 4.78 is 0. The molecule has 1 unspecified atom stereocenters. The molecule has 0 spiro atoms. The molecular formula is C27H54LiNO2. The van der Waals surface area contributed by atoms with Gasteiger partial charge in [0.15, 0.2) is 0 Å². The fourth-order valence-electron chi connectivity index (χ4n) is 4.42. The Hall–Kier alpha value is 0.0274. The van der Waals surface area contributed by atoms with Crippen LogP contribution in [0.3, 0.4) is 0 Å². The largest absolute Gasteiger partial charge is 1.00 e. The van der Waals surface area contributed by atoms with Crippen molar-refractivity contribution in [3.63, 3.8) is 0 Å². The topological polar surface area (TPSA) is 43.4 Å². The molecule has 0 aromatic heterocycles. The average molecular weight is 432 g/mol. The second-order valence-corrected chi connectivity index (χ2v) is 9.36. The van der Waals surface area contributed by atoms with Crippen molar-refractivity contribution >= 4 is 5.97 Å². The second kappa shape index (κ2) is 26.3. The zero-order valence-electron chi connectivity index (χ0n) is 21.9. The predicted octanol–water partition coefficient (Wildman–Crippen LogP) is 4.27. The van der Waals surface area contributed by atoms with Crippen molar-refractivity contribution in [3.8, 4) is 0 Å². The fraction of sp³-hybridized carbons (Fsp3) is 0.963. The molecule has 180 valence electrons. The molecule has 0 saturated heterocycles. The number of carbonyl (C=O) groups is 1. The van der Waals surface area contributed by atoms with E-state index in [4.69, 9.17) is 0 Å². The maximum atomic E-state index is 11.3. The number of unbranched alkanes of at least 4 members (excludes halogenated alkanes) is 15. The summed E-state index contributed by atoms with van der Waals surface area (Å²) in [6, 6.07) is 0.170. The molecule has 0 aromatic rings. The van der Waals surface area contributed by atoms with E-state index < -0.39 is 5.97 Å². The standard InChI is InChI=1S/C27H55NO2.Li/c1-4-7-10-12-14-16-18-20-23-28(26(22-9-6-3)25-27(29)30)24-21-19-17-15-13-11-8-5-2;/h26H,4-25H2,1-3H3,(H,29,30);/q;+1/p-1. The number of carbonyl (C=O) groups excluding carboxylic acids is 1. The van der Waals surface area contributed by atoms with Gasteiger partial charge < -0.3 is 14.8 Å². The van der Waals surface area contributed by atoms with E-state index in [0.29, 0.717) is 0 Å². The van der Waals surface area contributed by atoms with Gasteiger partial charge in [-0.15, -0.1) is 0 Å². The van der Waals surface area contributed by atoms with Crippen LogP contribution in [0.25, 0.3) is 0 Å². The summed E-state index contributed by atoms with van der Waals surface area (Å²) in [5.74, 6) is -0.882.